The fourth-order valence-corrected chi connectivity index (χ4v) is 5.38. The second-order valence-corrected chi connectivity index (χ2v) is 11.2. The van der Waals surface area contributed by atoms with Crippen molar-refractivity contribution in [2.75, 3.05) is 10.6 Å². The fraction of sp³-hybridized carbons (Fsp3) is 0.0541. The molecule has 0 heterocycles. The van der Waals surface area contributed by atoms with Crippen LogP contribution in [-0.2, 0) is 9.59 Å². The van der Waals surface area contributed by atoms with Gasteiger partial charge < -0.3 is 16.0 Å². The standard InChI is InChI=1S/C37H31N3O3S/c1-26-17-19-27(20-18-26)25-33(40-35(41)29-13-7-3-8-14-29)36(42)38-31-21-23-32(24-22-31)44-34(28-11-5-2-6-12-28)37(43)39-30-15-9-4-10-16-30/h2-25,34H,1H3,(H,38,42)(H,39,43)(H,40,41)/b33-25-. The van der Waals surface area contributed by atoms with E-state index in [1.54, 1.807) is 42.5 Å². The van der Waals surface area contributed by atoms with Gasteiger partial charge in [-0.15, -0.1) is 11.8 Å². The molecule has 0 fully saturated rings. The molecule has 0 aromatic heterocycles. The Bertz CT molecular complexity index is 1740. The lowest BCUT2D eigenvalue weighted by Crippen LogP contribution is -2.30. The molecule has 6 nitrogen and oxygen atoms in total. The van der Waals surface area contributed by atoms with Gasteiger partial charge in [0.15, 0.2) is 0 Å². The predicted octanol–water partition coefficient (Wildman–Crippen LogP) is 7.88. The number of thioether (sulfide) groups is 1. The highest BCUT2D eigenvalue weighted by Crippen LogP contribution is 2.36. The number of aryl methyl sites for hydroxylation is 1. The molecule has 0 aliphatic carbocycles. The first-order valence-electron chi connectivity index (χ1n) is 14.1. The first-order chi connectivity index (χ1) is 21.4. The minimum atomic E-state index is -0.492. The SMILES string of the molecule is Cc1ccc(/C=C(\NC(=O)c2ccccc2)C(=O)Nc2ccc(SC(C(=O)Nc3ccccc3)c3ccccc3)cc2)cc1. The molecule has 5 rings (SSSR count). The Balaban J connectivity index is 1.32. The Morgan fingerprint density at radius 2 is 1.20 bits per heavy atom. The predicted molar refractivity (Wildman–Crippen MR) is 178 cm³/mol. The van der Waals surface area contributed by atoms with Gasteiger partial charge >= 0.3 is 0 Å². The number of anilines is 2. The van der Waals surface area contributed by atoms with Gasteiger partial charge in [0.1, 0.15) is 10.9 Å². The molecule has 0 bridgehead atoms. The van der Waals surface area contributed by atoms with Crippen LogP contribution in [0.5, 0.6) is 0 Å². The monoisotopic (exact) mass is 597 g/mol. The quantitative estimate of drug-likeness (QED) is 0.113. The Labute approximate surface area is 261 Å². The zero-order valence-electron chi connectivity index (χ0n) is 24.1. The summed E-state index contributed by atoms with van der Waals surface area (Å²) in [7, 11) is 0. The molecular formula is C37H31N3O3S. The molecule has 5 aromatic rings. The summed E-state index contributed by atoms with van der Waals surface area (Å²) in [5.41, 5.74) is 4.58. The van der Waals surface area contributed by atoms with Gasteiger partial charge in [0.25, 0.3) is 11.8 Å². The van der Waals surface area contributed by atoms with E-state index >= 15 is 0 Å². The molecule has 44 heavy (non-hydrogen) atoms. The highest BCUT2D eigenvalue weighted by atomic mass is 32.2. The summed E-state index contributed by atoms with van der Waals surface area (Å²) in [5.74, 6) is -0.976. The maximum absolute atomic E-state index is 13.4. The van der Waals surface area contributed by atoms with Gasteiger partial charge in [0.05, 0.1) is 0 Å². The molecule has 0 aliphatic rings. The van der Waals surface area contributed by atoms with E-state index in [0.717, 1.165) is 27.3 Å². The van der Waals surface area contributed by atoms with Gasteiger partial charge in [0, 0.05) is 21.8 Å². The molecule has 0 aliphatic heterocycles. The summed E-state index contributed by atoms with van der Waals surface area (Å²) >= 11 is 1.42. The summed E-state index contributed by atoms with van der Waals surface area (Å²) in [6.45, 7) is 1.98. The molecule has 5 aromatic carbocycles. The molecule has 3 amide bonds. The maximum Gasteiger partial charge on any atom is 0.272 e. The van der Waals surface area contributed by atoms with E-state index in [2.05, 4.69) is 16.0 Å². The van der Waals surface area contributed by atoms with Crippen molar-refractivity contribution in [1.29, 1.82) is 0 Å². The van der Waals surface area contributed by atoms with Gasteiger partial charge in [-0.05, 0) is 72.7 Å². The fourth-order valence-electron chi connectivity index (χ4n) is 4.35. The van der Waals surface area contributed by atoms with Crippen LogP contribution in [0.4, 0.5) is 11.4 Å². The zero-order chi connectivity index (χ0) is 30.7. The summed E-state index contributed by atoms with van der Waals surface area (Å²) in [4.78, 5) is 40.5. The molecule has 0 radical (unpaired) electrons. The van der Waals surface area contributed by atoms with Crippen molar-refractivity contribution < 1.29 is 14.4 Å². The Morgan fingerprint density at radius 3 is 1.84 bits per heavy atom. The minimum absolute atomic E-state index is 0.114. The third-order valence-electron chi connectivity index (χ3n) is 6.67. The van der Waals surface area contributed by atoms with E-state index in [4.69, 9.17) is 0 Å². The lowest BCUT2D eigenvalue weighted by atomic mass is 10.1. The molecule has 218 valence electrons. The number of carbonyl (C=O) groups excluding carboxylic acids is 3. The van der Waals surface area contributed by atoms with Crippen molar-refractivity contribution in [3.8, 4) is 0 Å². The van der Waals surface area contributed by atoms with Crippen LogP contribution >= 0.6 is 11.8 Å². The van der Waals surface area contributed by atoms with Crippen molar-refractivity contribution in [3.63, 3.8) is 0 Å². The van der Waals surface area contributed by atoms with Crippen molar-refractivity contribution in [2.24, 2.45) is 0 Å². The van der Waals surface area contributed by atoms with Gasteiger partial charge in [-0.1, -0.05) is 96.6 Å². The van der Waals surface area contributed by atoms with Crippen LogP contribution in [0.3, 0.4) is 0 Å². The molecule has 0 spiro atoms. The highest BCUT2D eigenvalue weighted by molar-refractivity contribution is 8.00. The molecule has 0 saturated carbocycles. The maximum atomic E-state index is 13.4. The van der Waals surface area contributed by atoms with Crippen LogP contribution in [0.15, 0.2) is 150 Å². The average molecular weight is 598 g/mol. The van der Waals surface area contributed by atoms with Gasteiger partial charge in [0.2, 0.25) is 5.91 Å². The summed E-state index contributed by atoms with van der Waals surface area (Å²) < 4.78 is 0. The first kappa shape index (κ1) is 30.1. The van der Waals surface area contributed by atoms with Gasteiger partial charge in [-0.3, -0.25) is 14.4 Å². The van der Waals surface area contributed by atoms with Crippen LogP contribution < -0.4 is 16.0 Å². The van der Waals surface area contributed by atoms with E-state index in [9.17, 15) is 14.4 Å². The second-order valence-electron chi connectivity index (χ2n) is 10.0. The molecule has 0 saturated heterocycles. The van der Waals surface area contributed by atoms with Crippen molar-refractivity contribution in [2.45, 2.75) is 17.1 Å². The summed E-state index contributed by atoms with van der Waals surface area (Å²) in [6, 6.07) is 42.7. The Kier molecular flexibility index (Phi) is 10.0. The summed E-state index contributed by atoms with van der Waals surface area (Å²) in [6.07, 6.45) is 1.65. The number of hydrogen-bond donors (Lipinski definition) is 3. The third-order valence-corrected chi connectivity index (χ3v) is 7.93. The minimum Gasteiger partial charge on any atom is -0.325 e. The van der Waals surface area contributed by atoms with Crippen molar-refractivity contribution in [3.05, 3.63) is 167 Å². The molecular weight excluding hydrogens is 566 g/mol. The number of nitrogens with one attached hydrogen (secondary N) is 3. The van der Waals surface area contributed by atoms with E-state index < -0.39 is 11.2 Å². The Hall–Kier alpha value is -5.40. The van der Waals surface area contributed by atoms with Crippen LogP contribution in [0.25, 0.3) is 6.08 Å². The van der Waals surface area contributed by atoms with Crippen molar-refractivity contribution >= 4 is 46.9 Å². The topological polar surface area (TPSA) is 87.3 Å². The lowest BCUT2D eigenvalue weighted by molar-refractivity contribution is -0.116. The zero-order valence-corrected chi connectivity index (χ0v) is 24.9. The smallest absolute Gasteiger partial charge is 0.272 e. The number of amides is 3. The van der Waals surface area contributed by atoms with E-state index in [1.165, 1.54) is 11.8 Å². The van der Waals surface area contributed by atoms with Crippen LogP contribution in [0.1, 0.15) is 32.3 Å². The van der Waals surface area contributed by atoms with E-state index in [-0.39, 0.29) is 17.5 Å². The third kappa shape index (κ3) is 8.33. The second kappa shape index (κ2) is 14.7. The normalized spacial score (nSPS) is 11.7. The molecule has 1 atom stereocenters. The molecule has 7 heteroatoms. The summed E-state index contributed by atoms with van der Waals surface area (Å²) in [5, 5.41) is 8.17. The Morgan fingerprint density at radius 1 is 0.636 bits per heavy atom. The number of benzene rings is 5. The van der Waals surface area contributed by atoms with Crippen LogP contribution in [0, 0.1) is 6.92 Å². The van der Waals surface area contributed by atoms with Crippen molar-refractivity contribution in [1.82, 2.24) is 5.32 Å². The number of carbonyl (C=O) groups is 3. The average Bonchev–Trinajstić information content (AvgIpc) is 3.06. The lowest BCUT2D eigenvalue weighted by Gasteiger charge is -2.17. The molecule has 1 unspecified atom stereocenters. The number of rotatable bonds is 10. The number of hydrogen-bond acceptors (Lipinski definition) is 4. The van der Waals surface area contributed by atoms with E-state index in [0.29, 0.717) is 11.3 Å². The van der Waals surface area contributed by atoms with Crippen LogP contribution in [-0.4, -0.2) is 17.7 Å². The van der Waals surface area contributed by atoms with E-state index in [1.807, 2.05) is 110 Å². The van der Waals surface area contributed by atoms with Gasteiger partial charge in [-0.2, -0.15) is 0 Å². The molecule has 3 N–H and O–H groups in total. The van der Waals surface area contributed by atoms with Gasteiger partial charge in [-0.25, -0.2) is 0 Å². The first-order valence-corrected chi connectivity index (χ1v) is 15.0. The number of para-hydroxylation sites is 1. The largest absolute Gasteiger partial charge is 0.325 e. The highest BCUT2D eigenvalue weighted by Gasteiger charge is 2.22. The van der Waals surface area contributed by atoms with Crippen LogP contribution in [0.2, 0.25) is 0 Å².